The van der Waals surface area contributed by atoms with Gasteiger partial charge in [-0.2, -0.15) is 4.31 Å². The third-order valence-corrected chi connectivity index (χ3v) is 6.18. The van der Waals surface area contributed by atoms with Crippen LogP contribution in [0.1, 0.15) is 32.6 Å². The minimum absolute atomic E-state index is 0.00870. The van der Waals surface area contributed by atoms with Gasteiger partial charge in [0.25, 0.3) is 5.91 Å². The first-order valence-corrected chi connectivity index (χ1v) is 10.2. The summed E-state index contributed by atoms with van der Waals surface area (Å²) in [5.41, 5.74) is 0. The Morgan fingerprint density at radius 1 is 1.21 bits per heavy atom. The molecule has 3 unspecified atom stereocenters. The fraction of sp³-hybridized carbons (Fsp3) is 0.588. The Hall–Kier alpha value is -1.60. The number of carbonyl (C=O) groups excluding carboxylic acids is 1. The van der Waals surface area contributed by atoms with Crippen molar-refractivity contribution in [2.45, 2.75) is 56.8 Å². The third kappa shape index (κ3) is 3.72. The van der Waals surface area contributed by atoms with Gasteiger partial charge >= 0.3 is 0 Å². The fourth-order valence-electron chi connectivity index (χ4n) is 3.87. The number of hydrogen-bond acceptors (Lipinski definition) is 4. The molecule has 0 radical (unpaired) electrons. The minimum atomic E-state index is -3.17. The number of nitrogens with zero attached hydrogens (tertiary/aromatic N) is 1. The predicted octanol–water partition coefficient (Wildman–Crippen LogP) is 1.53. The Morgan fingerprint density at radius 3 is 2.33 bits per heavy atom. The van der Waals surface area contributed by atoms with Crippen molar-refractivity contribution >= 4 is 15.9 Å². The second kappa shape index (κ2) is 6.72. The van der Waals surface area contributed by atoms with Gasteiger partial charge in [-0.05, 0) is 44.7 Å². The summed E-state index contributed by atoms with van der Waals surface area (Å²) < 4.78 is 31.1. The number of ether oxygens (including phenoxy) is 1. The summed E-state index contributed by atoms with van der Waals surface area (Å²) in [7, 11) is -3.17. The lowest BCUT2D eigenvalue weighted by atomic mass is 9.99. The molecule has 2 fully saturated rings. The number of sulfonamides is 1. The van der Waals surface area contributed by atoms with E-state index in [1.54, 1.807) is 11.2 Å². The molecule has 1 amide bonds. The molecule has 0 aromatic heterocycles. The van der Waals surface area contributed by atoms with Gasteiger partial charge in [0.15, 0.2) is 6.10 Å². The van der Waals surface area contributed by atoms with Crippen LogP contribution in [0.15, 0.2) is 30.3 Å². The monoisotopic (exact) mass is 352 g/mol. The normalized spacial score (nSPS) is 28.3. The molecule has 0 saturated carbocycles. The molecule has 2 heterocycles. The molecule has 1 aromatic rings. The van der Waals surface area contributed by atoms with Crippen molar-refractivity contribution in [3.05, 3.63) is 30.3 Å². The van der Waals surface area contributed by atoms with E-state index in [-0.39, 0.29) is 24.0 Å². The van der Waals surface area contributed by atoms with Crippen molar-refractivity contribution in [3.8, 4) is 5.75 Å². The highest BCUT2D eigenvalue weighted by Crippen LogP contribution is 2.37. The van der Waals surface area contributed by atoms with E-state index < -0.39 is 16.1 Å². The quantitative estimate of drug-likeness (QED) is 0.872. The number of para-hydroxylation sites is 1. The molecule has 0 spiro atoms. The maximum Gasteiger partial charge on any atom is 0.260 e. The van der Waals surface area contributed by atoms with Crippen molar-refractivity contribution in [1.29, 1.82) is 0 Å². The van der Waals surface area contributed by atoms with Crippen molar-refractivity contribution in [2.24, 2.45) is 0 Å². The fourth-order valence-corrected chi connectivity index (χ4v) is 5.33. The number of amides is 1. The smallest absolute Gasteiger partial charge is 0.260 e. The molecule has 2 aliphatic heterocycles. The third-order valence-electron chi connectivity index (χ3n) is 4.82. The summed E-state index contributed by atoms with van der Waals surface area (Å²) in [6.07, 6.45) is 3.78. The van der Waals surface area contributed by atoms with Crippen LogP contribution in [0.2, 0.25) is 0 Å². The van der Waals surface area contributed by atoms with E-state index in [1.807, 2.05) is 30.3 Å². The van der Waals surface area contributed by atoms with Gasteiger partial charge in [0.05, 0.1) is 6.26 Å². The number of benzene rings is 1. The van der Waals surface area contributed by atoms with Crippen LogP contribution in [0.25, 0.3) is 0 Å². The topological polar surface area (TPSA) is 75.7 Å². The van der Waals surface area contributed by atoms with E-state index >= 15 is 0 Å². The van der Waals surface area contributed by atoms with Crippen LogP contribution < -0.4 is 10.1 Å². The average molecular weight is 352 g/mol. The SMILES string of the molecule is CC(Oc1ccccc1)C(=O)NC1CC2CCC(C1)N2S(C)(=O)=O. The number of piperidine rings is 1. The zero-order chi connectivity index (χ0) is 17.3. The van der Waals surface area contributed by atoms with Crippen LogP contribution in [-0.2, 0) is 14.8 Å². The first kappa shape index (κ1) is 17.2. The standard InChI is InChI=1S/C17H24N2O4S/c1-12(23-16-6-4-3-5-7-16)17(20)18-13-10-14-8-9-15(11-13)19(14)24(2,21)22/h3-7,12-15H,8-11H2,1-2H3,(H,18,20). The molecule has 2 saturated heterocycles. The molecule has 24 heavy (non-hydrogen) atoms. The van der Waals surface area contributed by atoms with Gasteiger partial charge in [-0.3, -0.25) is 4.79 Å². The van der Waals surface area contributed by atoms with E-state index in [0.29, 0.717) is 18.6 Å². The predicted molar refractivity (Wildman–Crippen MR) is 91.2 cm³/mol. The molecule has 6 nitrogen and oxygen atoms in total. The Morgan fingerprint density at radius 2 is 1.79 bits per heavy atom. The molecule has 2 bridgehead atoms. The molecular weight excluding hydrogens is 328 g/mol. The van der Waals surface area contributed by atoms with Crippen LogP contribution in [0.3, 0.4) is 0 Å². The molecule has 7 heteroatoms. The molecule has 1 N–H and O–H groups in total. The molecule has 1 aromatic carbocycles. The zero-order valence-corrected chi connectivity index (χ0v) is 14.8. The van der Waals surface area contributed by atoms with Crippen LogP contribution in [-0.4, -0.2) is 49.1 Å². The number of fused-ring (bicyclic) bond motifs is 2. The summed E-state index contributed by atoms with van der Waals surface area (Å²) in [5.74, 6) is 0.503. The van der Waals surface area contributed by atoms with Crippen molar-refractivity contribution < 1.29 is 17.9 Å². The Kier molecular flexibility index (Phi) is 4.83. The summed E-state index contributed by atoms with van der Waals surface area (Å²) in [4.78, 5) is 12.4. The van der Waals surface area contributed by atoms with Crippen LogP contribution >= 0.6 is 0 Å². The van der Waals surface area contributed by atoms with E-state index in [0.717, 1.165) is 12.8 Å². The molecule has 132 valence electrons. The van der Waals surface area contributed by atoms with E-state index in [1.165, 1.54) is 6.26 Å². The summed E-state index contributed by atoms with van der Waals surface area (Å²) in [6.45, 7) is 1.72. The Labute approximate surface area is 143 Å². The highest BCUT2D eigenvalue weighted by atomic mass is 32.2. The molecule has 3 atom stereocenters. The van der Waals surface area contributed by atoms with Gasteiger partial charge in [0.1, 0.15) is 5.75 Å². The summed E-state index contributed by atoms with van der Waals surface area (Å²) in [5, 5.41) is 3.03. The van der Waals surface area contributed by atoms with Crippen LogP contribution in [0.4, 0.5) is 0 Å². The maximum atomic E-state index is 12.4. The highest BCUT2D eigenvalue weighted by molar-refractivity contribution is 7.88. The lowest BCUT2D eigenvalue weighted by Gasteiger charge is -2.37. The van der Waals surface area contributed by atoms with Gasteiger partial charge in [0, 0.05) is 18.1 Å². The Bertz CT molecular complexity index is 678. The van der Waals surface area contributed by atoms with Gasteiger partial charge in [-0.25, -0.2) is 8.42 Å². The van der Waals surface area contributed by atoms with Gasteiger partial charge in [0.2, 0.25) is 10.0 Å². The maximum absolute atomic E-state index is 12.4. The lowest BCUT2D eigenvalue weighted by Crippen LogP contribution is -2.53. The van der Waals surface area contributed by atoms with Gasteiger partial charge in [-0.1, -0.05) is 18.2 Å². The first-order chi connectivity index (χ1) is 11.3. The van der Waals surface area contributed by atoms with Crippen LogP contribution in [0.5, 0.6) is 5.75 Å². The first-order valence-electron chi connectivity index (χ1n) is 8.35. The summed E-state index contributed by atoms with van der Waals surface area (Å²) >= 11 is 0. The zero-order valence-electron chi connectivity index (χ0n) is 14.0. The second-order valence-corrected chi connectivity index (χ2v) is 8.62. The minimum Gasteiger partial charge on any atom is -0.481 e. The number of rotatable bonds is 5. The molecule has 2 aliphatic rings. The van der Waals surface area contributed by atoms with E-state index in [2.05, 4.69) is 5.32 Å². The summed E-state index contributed by atoms with van der Waals surface area (Å²) in [6, 6.07) is 9.27. The van der Waals surface area contributed by atoms with Crippen molar-refractivity contribution in [1.82, 2.24) is 9.62 Å². The molecule has 0 aliphatic carbocycles. The van der Waals surface area contributed by atoms with Crippen molar-refractivity contribution in [2.75, 3.05) is 6.26 Å². The number of hydrogen-bond donors (Lipinski definition) is 1. The van der Waals surface area contributed by atoms with E-state index in [4.69, 9.17) is 4.74 Å². The van der Waals surface area contributed by atoms with Gasteiger partial charge < -0.3 is 10.1 Å². The lowest BCUT2D eigenvalue weighted by molar-refractivity contribution is -0.128. The average Bonchev–Trinajstić information content (AvgIpc) is 2.81. The number of nitrogens with one attached hydrogen (secondary N) is 1. The molecular formula is C17H24N2O4S. The van der Waals surface area contributed by atoms with E-state index in [9.17, 15) is 13.2 Å². The Balaban J connectivity index is 1.57. The van der Waals surface area contributed by atoms with Gasteiger partial charge in [-0.15, -0.1) is 0 Å². The molecule has 3 rings (SSSR count). The van der Waals surface area contributed by atoms with Crippen molar-refractivity contribution in [3.63, 3.8) is 0 Å². The largest absolute Gasteiger partial charge is 0.481 e. The highest BCUT2D eigenvalue weighted by Gasteiger charge is 2.45. The second-order valence-electron chi connectivity index (χ2n) is 6.73. The van der Waals surface area contributed by atoms with Crippen LogP contribution in [0, 0.1) is 0 Å². The number of carbonyl (C=O) groups is 1.